The van der Waals surface area contributed by atoms with Gasteiger partial charge in [0.25, 0.3) is 0 Å². The van der Waals surface area contributed by atoms with Crippen LogP contribution in [0.5, 0.6) is 0 Å². The third-order valence-electron chi connectivity index (χ3n) is 1.51. The molecule has 0 unspecified atom stereocenters. The Hall–Kier alpha value is -1.62. The number of carbonyl (C=O) groups excluding carboxylic acids is 1. The molecule has 0 fully saturated rings. The van der Waals surface area contributed by atoms with E-state index >= 15 is 0 Å². The van der Waals surface area contributed by atoms with Crippen LogP contribution in [0.1, 0.15) is 0 Å². The van der Waals surface area contributed by atoms with E-state index in [9.17, 15) is 9.59 Å². The molecule has 0 spiro atoms. The molecule has 2 N–H and O–H groups in total. The van der Waals surface area contributed by atoms with Crippen molar-refractivity contribution in [3.63, 3.8) is 0 Å². The van der Waals surface area contributed by atoms with Crippen LogP contribution in [-0.2, 0) is 9.59 Å². The van der Waals surface area contributed by atoms with Crippen LogP contribution < -0.4 is 5.32 Å². The molecule has 0 heterocycles. The third kappa shape index (κ3) is 3.95. The Kier molecular flexibility index (Phi) is 4.05. The van der Waals surface area contributed by atoms with E-state index in [-0.39, 0.29) is 0 Å². The second-order valence-corrected chi connectivity index (χ2v) is 3.50. The predicted molar refractivity (Wildman–Crippen MR) is 59.5 cm³/mol. The molecule has 1 aromatic rings. The molecule has 4 nitrogen and oxygen atoms in total. The van der Waals surface area contributed by atoms with Gasteiger partial charge in [-0.15, -0.1) is 0 Å². The normalized spacial score (nSPS) is 10.2. The molecule has 0 radical (unpaired) electrons. The predicted octanol–water partition coefficient (Wildman–Crippen LogP) is 2.03. The highest BCUT2D eigenvalue weighted by atomic mass is 79.9. The molecule has 5 heteroatoms. The van der Waals surface area contributed by atoms with Gasteiger partial charge in [0.05, 0.1) is 5.69 Å². The number of halogens is 1. The van der Waals surface area contributed by atoms with Gasteiger partial charge >= 0.3 is 5.97 Å². The Morgan fingerprint density at radius 3 is 2.53 bits per heavy atom. The first kappa shape index (κ1) is 11.5. The van der Waals surface area contributed by atoms with Crippen molar-refractivity contribution in [3.05, 3.63) is 40.9 Å². The van der Waals surface area contributed by atoms with Crippen molar-refractivity contribution in [1.82, 2.24) is 0 Å². The van der Waals surface area contributed by atoms with Gasteiger partial charge in [0.1, 0.15) is 0 Å². The monoisotopic (exact) mass is 269 g/mol. The van der Waals surface area contributed by atoms with Crippen LogP contribution in [0.4, 0.5) is 5.69 Å². The summed E-state index contributed by atoms with van der Waals surface area (Å²) >= 11 is 3.25. The summed E-state index contributed by atoms with van der Waals surface area (Å²) in [5.74, 6) is -1.64. The Bertz CT molecular complexity index is 415. The lowest BCUT2D eigenvalue weighted by Crippen LogP contribution is -2.08. The summed E-state index contributed by atoms with van der Waals surface area (Å²) in [5, 5.41) is 10.8. The van der Waals surface area contributed by atoms with Crippen LogP contribution in [0.3, 0.4) is 0 Å². The number of carbonyl (C=O) groups is 2. The molecule has 78 valence electrons. The molecular formula is C10H8BrNO3. The van der Waals surface area contributed by atoms with Crippen LogP contribution in [0.25, 0.3) is 0 Å². The fourth-order valence-corrected chi connectivity index (χ4v) is 1.27. The minimum atomic E-state index is -1.16. The van der Waals surface area contributed by atoms with Crippen molar-refractivity contribution in [2.24, 2.45) is 0 Å². The summed E-state index contributed by atoms with van der Waals surface area (Å²) in [5.41, 5.74) is 0.595. The van der Waals surface area contributed by atoms with Gasteiger partial charge in [-0.1, -0.05) is 12.1 Å². The summed E-state index contributed by atoms with van der Waals surface area (Å²) in [4.78, 5) is 21.3. The molecule has 15 heavy (non-hydrogen) atoms. The highest BCUT2D eigenvalue weighted by Crippen LogP contribution is 2.20. The van der Waals surface area contributed by atoms with Crippen molar-refractivity contribution in [2.75, 3.05) is 5.32 Å². The van der Waals surface area contributed by atoms with E-state index in [4.69, 9.17) is 5.11 Å². The molecule has 0 atom stereocenters. The molecule has 0 bridgehead atoms. The average Bonchev–Trinajstić information content (AvgIpc) is 2.18. The lowest BCUT2D eigenvalue weighted by Gasteiger charge is -2.03. The van der Waals surface area contributed by atoms with Crippen molar-refractivity contribution >= 4 is 33.5 Å². The Labute approximate surface area is 94.7 Å². The van der Waals surface area contributed by atoms with E-state index in [1.807, 2.05) is 6.07 Å². The largest absolute Gasteiger partial charge is 0.478 e. The molecule has 0 aliphatic carbocycles. The van der Waals surface area contributed by atoms with Crippen LogP contribution in [0.15, 0.2) is 40.9 Å². The molecule has 0 saturated heterocycles. The van der Waals surface area contributed by atoms with Gasteiger partial charge in [-0.05, 0) is 28.1 Å². The second-order valence-electron chi connectivity index (χ2n) is 2.64. The number of amides is 1. The van der Waals surface area contributed by atoms with Gasteiger partial charge in [-0.25, -0.2) is 4.79 Å². The smallest absolute Gasteiger partial charge is 0.328 e. The van der Waals surface area contributed by atoms with Crippen molar-refractivity contribution < 1.29 is 14.7 Å². The Balaban J connectivity index is 2.67. The van der Waals surface area contributed by atoms with Crippen LogP contribution in [0.2, 0.25) is 0 Å². The number of hydrogen-bond acceptors (Lipinski definition) is 2. The van der Waals surface area contributed by atoms with Gasteiger partial charge in [0.15, 0.2) is 0 Å². The number of rotatable bonds is 3. The maximum absolute atomic E-state index is 11.2. The van der Waals surface area contributed by atoms with E-state index in [1.54, 1.807) is 18.2 Å². The van der Waals surface area contributed by atoms with E-state index in [0.717, 1.165) is 16.6 Å². The van der Waals surface area contributed by atoms with Gasteiger partial charge in [0, 0.05) is 16.6 Å². The summed E-state index contributed by atoms with van der Waals surface area (Å²) in [6.45, 7) is 0. The van der Waals surface area contributed by atoms with E-state index < -0.39 is 11.9 Å². The van der Waals surface area contributed by atoms with Crippen molar-refractivity contribution in [1.29, 1.82) is 0 Å². The first-order valence-electron chi connectivity index (χ1n) is 4.06. The van der Waals surface area contributed by atoms with E-state index in [1.165, 1.54) is 0 Å². The minimum absolute atomic E-state index is 0.482. The standard InChI is InChI=1S/C10H8BrNO3/c11-7-3-1-2-4-8(7)12-9(13)5-6-10(14)15/h1-6H,(H,12,13)(H,14,15)/b6-5+. The van der Waals surface area contributed by atoms with E-state index in [2.05, 4.69) is 21.2 Å². The van der Waals surface area contributed by atoms with Gasteiger partial charge in [-0.2, -0.15) is 0 Å². The summed E-state index contributed by atoms with van der Waals surface area (Å²) in [6, 6.07) is 7.06. The molecule has 1 aromatic carbocycles. The number of anilines is 1. The van der Waals surface area contributed by atoms with Crippen molar-refractivity contribution in [3.8, 4) is 0 Å². The first-order chi connectivity index (χ1) is 7.09. The number of para-hydroxylation sites is 1. The zero-order chi connectivity index (χ0) is 11.3. The number of hydrogen-bond donors (Lipinski definition) is 2. The summed E-state index contributed by atoms with van der Waals surface area (Å²) < 4.78 is 0.738. The number of carboxylic acids is 1. The number of nitrogens with one attached hydrogen (secondary N) is 1. The lowest BCUT2D eigenvalue weighted by atomic mass is 10.3. The van der Waals surface area contributed by atoms with Gasteiger partial charge in [0.2, 0.25) is 5.91 Å². The van der Waals surface area contributed by atoms with Gasteiger partial charge in [-0.3, -0.25) is 4.79 Å². The van der Waals surface area contributed by atoms with Gasteiger partial charge < -0.3 is 10.4 Å². The average molecular weight is 270 g/mol. The summed E-state index contributed by atoms with van der Waals surface area (Å²) in [7, 11) is 0. The maximum atomic E-state index is 11.2. The van der Waals surface area contributed by atoms with Crippen LogP contribution >= 0.6 is 15.9 Å². The second kappa shape index (κ2) is 5.31. The van der Waals surface area contributed by atoms with Crippen molar-refractivity contribution in [2.45, 2.75) is 0 Å². The quantitative estimate of drug-likeness (QED) is 0.826. The fraction of sp³-hybridized carbons (Fsp3) is 0. The van der Waals surface area contributed by atoms with E-state index in [0.29, 0.717) is 5.69 Å². The molecule has 0 saturated carbocycles. The molecule has 0 aromatic heterocycles. The van der Waals surface area contributed by atoms with Crippen LogP contribution in [-0.4, -0.2) is 17.0 Å². The SMILES string of the molecule is O=C(O)/C=C/C(=O)Nc1ccccc1Br. The number of benzene rings is 1. The third-order valence-corrected chi connectivity index (χ3v) is 2.20. The molecule has 0 aliphatic heterocycles. The Morgan fingerprint density at radius 2 is 1.93 bits per heavy atom. The van der Waals surface area contributed by atoms with Crippen LogP contribution in [0, 0.1) is 0 Å². The molecular weight excluding hydrogens is 262 g/mol. The highest BCUT2D eigenvalue weighted by molar-refractivity contribution is 9.10. The zero-order valence-electron chi connectivity index (χ0n) is 7.61. The number of aliphatic carboxylic acids is 1. The summed E-state index contributed by atoms with van der Waals surface area (Å²) in [6.07, 6.45) is 1.74. The lowest BCUT2D eigenvalue weighted by molar-refractivity contribution is -0.131. The molecule has 1 amide bonds. The Morgan fingerprint density at radius 1 is 1.27 bits per heavy atom. The zero-order valence-corrected chi connectivity index (χ0v) is 9.19. The maximum Gasteiger partial charge on any atom is 0.328 e. The number of carboxylic acid groups (broad SMARTS) is 1. The fourth-order valence-electron chi connectivity index (χ4n) is 0.884. The molecule has 1 rings (SSSR count). The first-order valence-corrected chi connectivity index (χ1v) is 4.85. The minimum Gasteiger partial charge on any atom is -0.478 e. The molecule has 0 aliphatic rings. The highest BCUT2D eigenvalue weighted by Gasteiger charge is 2.01. The topological polar surface area (TPSA) is 66.4 Å².